The van der Waals surface area contributed by atoms with E-state index in [2.05, 4.69) is 29.0 Å². The summed E-state index contributed by atoms with van der Waals surface area (Å²) >= 11 is 0. The lowest BCUT2D eigenvalue weighted by Gasteiger charge is -2.36. The Morgan fingerprint density at radius 1 is 1.00 bits per heavy atom. The second kappa shape index (κ2) is 10.5. The van der Waals surface area contributed by atoms with E-state index < -0.39 is 9.84 Å². The average molecular weight is 532 g/mol. The van der Waals surface area contributed by atoms with Crippen molar-refractivity contribution in [3.05, 3.63) is 78.1 Å². The zero-order valence-electron chi connectivity index (χ0n) is 21.5. The summed E-state index contributed by atoms with van der Waals surface area (Å²) in [6.07, 6.45) is 3.11. The van der Waals surface area contributed by atoms with Crippen LogP contribution in [-0.4, -0.2) is 60.8 Å². The van der Waals surface area contributed by atoms with Gasteiger partial charge >= 0.3 is 0 Å². The van der Waals surface area contributed by atoms with Crippen molar-refractivity contribution < 1.29 is 17.9 Å². The van der Waals surface area contributed by atoms with E-state index in [1.807, 2.05) is 36.4 Å². The molecule has 5 rings (SSSR count). The van der Waals surface area contributed by atoms with Gasteiger partial charge in [-0.15, -0.1) is 0 Å². The number of hydrogen-bond acceptors (Lipinski definition) is 8. The minimum atomic E-state index is -3.41. The Morgan fingerprint density at radius 2 is 1.74 bits per heavy atom. The van der Waals surface area contributed by atoms with Crippen LogP contribution < -0.4 is 10.2 Å². The van der Waals surface area contributed by atoms with Crippen LogP contribution >= 0.6 is 0 Å². The first-order chi connectivity index (χ1) is 18.2. The van der Waals surface area contributed by atoms with Gasteiger partial charge in [0.2, 0.25) is 0 Å². The molecule has 1 saturated heterocycles. The van der Waals surface area contributed by atoms with Crippen molar-refractivity contribution in [3.8, 4) is 11.4 Å². The monoisotopic (exact) mass is 531 g/mol. The zero-order chi connectivity index (χ0) is 26.9. The van der Waals surface area contributed by atoms with Gasteiger partial charge in [-0.3, -0.25) is 9.78 Å². The molecule has 2 atom stereocenters. The highest BCUT2D eigenvalue weighted by Crippen LogP contribution is 2.24. The Morgan fingerprint density at radius 3 is 2.50 bits per heavy atom. The van der Waals surface area contributed by atoms with Gasteiger partial charge in [-0.2, -0.15) is 0 Å². The van der Waals surface area contributed by atoms with Crippen molar-refractivity contribution in [1.82, 2.24) is 20.3 Å². The molecule has 0 spiro atoms. The first-order valence-electron chi connectivity index (χ1n) is 12.4. The standard InChI is InChI=1S/C28H29N5O4S/c1-18-16-33(17-19(2)37-18)27-9-5-8-24(32-27)25-11-10-21-14-29-22(13-26(21)31-25)15-30-28(34)20-6-4-7-23(12-20)38(3,35)36/h4-14,18-19H,15-17H2,1-3H3,(H,30,34)/t18-,19+. The lowest BCUT2D eigenvalue weighted by atomic mass is 10.1. The predicted molar refractivity (Wildman–Crippen MR) is 146 cm³/mol. The molecule has 3 aromatic heterocycles. The van der Waals surface area contributed by atoms with Crippen LogP contribution in [0.1, 0.15) is 29.9 Å². The van der Waals surface area contributed by atoms with Crippen LogP contribution in [0, 0.1) is 0 Å². The van der Waals surface area contributed by atoms with E-state index in [4.69, 9.17) is 14.7 Å². The molecule has 0 saturated carbocycles. The molecular formula is C28H29N5O4S. The van der Waals surface area contributed by atoms with Gasteiger partial charge in [0.05, 0.1) is 46.2 Å². The number of hydrogen-bond donors (Lipinski definition) is 1. The summed E-state index contributed by atoms with van der Waals surface area (Å²) in [5.41, 5.74) is 3.15. The van der Waals surface area contributed by atoms with E-state index in [-0.39, 0.29) is 35.1 Å². The van der Waals surface area contributed by atoms with Crippen LogP contribution in [-0.2, 0) is 21.1 Å². The van der Waals surface area contributed by atoms with Gasteiger partial charge in [0.25, 0.3) is 5.91 Å². The molecule has 1 aliphatic heterocycles. The highest BCUT2D eigenvalue weighted by molar-refractivity contribution is 7.90. The lowest BCUT2D eigenvalue weighted by molar-refractivity contribution is -0.00545. The number of benzene rings is 1. The fraction of sp³-hybridized carbons (Fsp3) is 0.286. The topological polar surface area (TPSA) is 114 Å². The van der Waals surface area contributed by atoms with E-state index in [0.29, 0.717) is 5.69 Å². The summed E-state index contributed by atoms with van der Waals surface area (Å²) in [4.78, 5) is 29.1. The van der Waals surface area contributed by atoms with Gasteiger partial charge in [-0.1, -0.05) is 12.1 Å². The smallest absolute Gasteiger partial charge is 0.251 e. The van der Waals surface area contributed by atoms with Crippen LogP contribution in [0.3, 0.4) is 0 Å². The van der Waals surface area contributed by atoms with Crippen molar-refractivity contribution in [2.24, 2.45) is 0 Å². The SMILES string of the molecule is C[C@@H]1CN(c2cccc(-c3ccc4cnc(CNC(=O)c5cccc(S(C)(=O)=O)c5)cc4n3)n2)C[C@H](C)O1. The number of pyridine rings is 3. The zero-order valence-corrected chi connectivity index (χ0v) is 22.3. The number of carbonyl (C=O) groups is 1. The molecule has 4 heterocycles. The van der Waals surface area contributed by atoms with Gasteiger partial charge in [-0.05, 0) is 62.4 Å². The maximum atomic E-state index is 12.6. The van der Waals surface area contributed by atoms with Crippen LogP contribution in [0.4, 0.5) is 5.82 Å². The highest BCUT2D eigenvalue weighted by atomic mass is 32.2. The third kappa shape index (κ3) is 5.81. The summed E-state index contributed by atoms with van der Waals surface area (Å²) in [7, 11) is -3.41. The minimum absolute atomic E-state index is 0.0982. The Balaban J connectivity index is 1.34. The van der Waals surface area contributed by atoms with Gasteiger partial charge in [0.1, 0.15) is 5.82 Å². The third-order valence-corrected chi connectivity index (χ3v) is 7.44. The molecule has 38 heavy (non-hydrogen) atoms. The second-order valence-electron chi connectivity index (χ2n) is 9.59. The predicted octanol–water partition coefficient (Wildman–Crippen LogP) is 3.64. The van der Waals surface area contributed by atoms with Crippen molar-refractivity contribution in [1.29, 1.82) is 0 Å². The second-order valence-corrected chi connectivity index (χ2v) is 11.6. The van der Waals surface area contributed by atoms with Crippen molar-refractivity contribution in [3.63, 3.8) is 0 Å². The molecule has 1 fully saturated rings. The number of morpholine rings is 1. The minimum Gasteiger partial charge on any atom is -0.372 e. The van der Waals surface area contributed by atoms with E-state index in [1.54, 1.807) is 18.3 Å². The van der Waals surface area contributed by atoms with Crippen LogP contribution in [0.2, 0.25) is 0 Å². The van der Waals surface area contributed by atoms with Gasteiger partial charge in [0, 0.05) is 36.5 Å². The number of amides is 1. The maximum absolute atomic E-state index is 12.6. The number of fused-ring (bicyclic) bond motifs is 1. The average Bonchev–Trinajstić information content (AvgIpc) is 2.90. The van der Waals surface area contributed by atoms with Gasteiger partial charge in [-0.25, -0.2) is 18.4 Å². The molecule has 9 nitrogen and oxygen atoms in total. The number of rotatable bonds is 6. The molecule has 1 amide bonds. The fourth-order valence-electron chi connectivity index (χ4n) is 4.55. The molecule has 4 aromatic rings. The van der Waals surface area contributed by atoms with Crippen LogP contribution in [0.15, 0.2) is 71.8 Å². The van der Waals surface area contributed by atoms with Gasteiger partial charge in [0.15, 0.2) is 9.84 Å². The number of carbonyl (C=O) groups excluding carboxylic acids is 1. The summed E-state index contributed by atoms with van der Waals surface area (Å²) in [6, 6.07) is 17.6. The summed E-state index contributed by atoms with van der Waals surface area (Å²) in [6.45, 7) is 5.87. The number of sulfone groups is 1. The summed E-state index contributed by atoms with van der Waals surface area (Å²) < 4.78 is 29.5. The number of aromatic nitrogens is 3. The number of ether oxygens (including phenoxy) is 1. The molecule has 0 radical (unpaired) electrons. The molecule has 1 aliphatic rings. The van der Waals surface area contributed by atoms with Crippen molar-refractivity contribution >= 4 is 32.5 Å². The van der Waals surface area contributed by atoms with E-state index >= 15 is 0 Å². The first-order valence-corrected chi connectivity index (χ1v) is 14.3. The van der Waals surface area contributed by atoms with Crippen LogP contribution in [0.25, 0.3) is 22.3 Å². The Bertz CT molecular complexity index is 1600. The molecule has 0 aliphatic carbocycles. The third-order valence-electron chi connectivity index (χ3n) is 6.33. The molecule has 196 valence electrons. The molecule has 1 aromatic carbocycles. The molecule has 10 heteroatoms. The molecule has 0 unspecified atom stereocenters. The van der Waals surface area contributed by atoms with E-state index in [1.165, 1.54) is 12.1 Å². The quantitative estimate of drug-likeness (QED) is 0.401. The molecule has 1 N–H and O–H groups in total. The Hall–Kier alpha value is -3.89. The van der Waals surface area contributed by atoms with Crippen LogP contribution in [0.5, 0.6) is 0 Å². The summed E-state index contributed by atoms with van der Waals surface area (Å²) in [5, 5.41) is 3.68. The Labute approximate surface area is 221 Å². The van der Waals surface area contributed by atoms with E-state index in [9.17, 15) is 13.2 Å². The van der Waals surface area contributed by atoms with E-state index in [0.717, 1.165) is 47.5 Å². The molecular weight excluding hydrogens is 502 g/mol. The molecule has 0 bridgehead atoms. The van der Waals surface area contributed by atoms with Crippen molar-refractivity contribution in [2.75, 3.05) is 24.2 Å². The number of nitrogens with one attached hydrogen (secondary N) is 1. The van der Waals surface area contributed by atoms with Gasteiger partial charge < -0.3 is 15.0 Å². The number of nitrogens with zero attached hydrogens (tertiary/aromatic N) is 4. The lowest BCUT2D eigenvalue weighted by Crippen LogP contribution is -2.45. The van der Waals surface area contributed by atoms with Crippen molar-refractivity contribution in [2.45, 2.75) is 37.5 Å². The maximum Gasteiger partial charge on any atom is 0.251 e. The summed E-state index contributed by atoms with van der Waals surface area (Å²) in [5.74, 6) is 0.511. The first kappa shape index (κ1) is 25.7. The Kier molecular flexibility index (Phi) is 7.09. The highest BCUT2D eigenvalue weighted by Gasteiger charge is 2.23. The number of anilines is 1. The fourth-order valence-corrected chi connectivity index (χ4v) is 5.21. The normalized spacial score (nSPS) is 17.9. The largest absolute Gasteiger partial charge is 0.372 e.